The molecule has 21 rings (SSSR count). The monoisotopic (exact) mass is 1410 g/mol. The molecule has 0 unspecified atom stereocenters. The Hall–Kier alpha value is -13.1. The Balaban J connectivity index is 0.000000145. The summed E-state index contributed by atoms with van der Waals surface area (Å²) in [5, 5.41) is 14.5. The van der Waals surface area contributed by atoms with Gasteiger partial charge in [-0.2, -0.15) is 0 Å². The number of nitrogens with zero attached hydrogens (tertiary/aromatic N) is 4. The van der Waals surface area contributed by atoms with E-state index in [1.54, 1.807) is 0 Å². The van der Waals surface area contributed by atoms with E-state index >= 15 is 0 Å². The Kier molecular flexibility index (Phi) is 15.7. The Labute approximate surface area is 625 Å². The van der Waals surface area contributed by atoms with E-state index in [1.807, 2.05) is 34.0 Å². The van der Waals surface area contributed by atoms with Crippen LogP contribution in [0.3, 0.4) is 0 Å². The molecule has 4 heterocycles. The first-order valence-corrected chi connectivity index (χ1v) is 38.2. The minimum Gasteiger partial charge on any atom is -0.454 e. The molecule has 17 aromatic carbocycles. The topological polar surface area (TPSA) is 26.1 Å². The van der Waals surface area contributed by atoms with Crippen LogP contribution in [-0.4, -0.2) is 0 Å². The first-order chi connectivity index (χ1) is 52.6. The first kappa shape index (κ1) is 62.7. The van der Waals surface area contributed by atoms with E-state index in [1.165, 1.54) is 99.2 Å². The molecule has 0 saturated heterocycles. The molecule has 0 fully saturated rings. The summed E-state index contributed by atoms with van der Waals surface area (Å²) in [5.74, 6) is 0. The molecule has 0 saturated carbocycles. The van der Waals surface area contributed by atoms with Crippen LogP contribution in [0.5, 0.6) is 0 Å². The van der Waals surface area contributed by atoms with E-state index in [2.05, 4.69) is 408 Å². The lowest BCUT2D eigenvalue weighted by Gasteiger charge is -2.29. The van der Waals surface area contributed by atoms with E-state index in [9.17, 15) is 0 Å². The van der Waals surface area contributed by atoms with E-state index in [-0.39, 0.29) is 0 Å². The Bertz CT molecular complexity index is 6810. The standard InChI is InChI=1S/C56H36N2OS.C42H28N2S2/c1-3-15-37(16-4-1)38-31-33-43(34-32-38)57(47-25-11-20-39-17-9-10-23-44(39)47)48-26-13-29-52-54(48)55-49(27-14-30-53(55)60-52)58(42-21-5-2-6-22-42)50-28-12-24-45-46-35-40-18-7-8-19-41(40)36-51(46)59-56(45)50;1-4-14-29(15-5-1)43(30-16-6-2-7-17-30)35-21-12-24-39-41(35)42-36(22-13-25-40(42)46-39)44(31-18-8-3-9-19-31)32-26-27-38-34(28-32)33-20-10-11-23-37(33)45-38/h1-36H;1-28H. The van der Waals surface area contributed by atoms with Crippen molar-refractivity contribution >= 4 is 206 Å². The SMILES string of the molecule is c1ccc(-c2ccc(N(c3cccc4ccccc34)c3cccc4sc5cccc(N(c6ccccc6)c6cccc7c6oc6cc8ccccc8cc67)c5c34)cc2)cc1.c1ccc(N(c2ccccc2)c2cccc3sc4cccc(N(c5ccccc5)c5ccc6sc7ccccc7c6c5)c4c23)cc1. The minimum atomic E-state index is 0.860. The molecule has 0 radical (unpaired) electrons. The number of thiophene rings is 3. The van der Waals surface area contributed by atoms with Crippen molar-refractivity contribution in [3.05, 3.63) is 388 Å². The molecular weight excluding hydrogens is 1350 g/mol. The number of benzene rings is 17. The lowest BCUT2D eigenvalue weighted by Crippen LogP contribution is -2.12. The molecule has 8 heteroatoms. The average molecular weight is 1410 g/mol. The molecular formula is C98H64N4OS3. The van der Waals surface area contributed by atoms with E-state index in [4.69, 9.17) is 4.42 Å². The van der Waals surface area contributed by atoms with Crippen LogP contribution in [0.2, 0.25) is 0 Å². The van der Waals surface area contributed by atoms with E-state index < -0.39 is 0 Å². The second-order valence-electron chi connectivity index (χ2n) is 26.6. The molecule has 0 N–H and O–H groups in total. The minimum absolute atomic E-state index is 0.860. The third kappa shape index (κ3) is 11.0. The van der Waals surface area contributed by atoms with Crippen LogP contribution < -0.4 is 19.6 Å². The van der Waals surface area contributed by atoms with Crippen LogP contribution in [0.4, 0.5) is 68.2 Å². The van der Waals surface area contributed by atoms with Crippen molar-refractivity contribution in [2.24, 2.45) is 0 Å². The number of anilines is 12. The maximum absolute atomic E-state index is 6.91. The molecule has 0 bridgehead atoms. The smallest absolute Gasteiger partial charge is 0.159 e. The highest BCUT2D eigenvalue weighted by molar-refractivity contribution is 7.26. The lowest BCUT2D eigenvalue weighted by atomic mass is 10.0. The summed E-state index contributed by atoms with van der Waals surface area (Å²) in [6.07, 6.45) is 0. The number of para-hydroxylation sites is 5. The van der Waals surface area contributed by atoms with Crippen LogP contribution in [0.25, 0.3) is 115 Å². The summed E-state index contributed by atoms with van der Waals surface area (Å²) in [5.41, 5.74) is 17.5. The van der Waals surface area contributed by atoms with Gasteiger partial charge in [0.25, 0.3) is 0 Å². The fraction of sp³-hybridized carbons (Fsp3) is 0. The summed E-state index contributed by atoms with van der Waals surface area (Å²) in [7, 11) is 0. The molecule has 0 aliphatic heterocycles. The molecule has 106 heavy (non-hydrogen) atoms. The molecule has 500 valence electrons. The van der Waals surface area contributed by atoms with E-state index in [0.29, 0.717) is 0 Å². The van der Waals surface area contributed by atoms with Gasteiger partial charge in [0.15, 0.2) is 5.58 Å². The maximum atomic E-state index is 6.91. The molecule has 0 amide bonds. The predicted molar refractivity (Wildman–Crippen MR) is 458 cm³/mol. The highest BCUT2D eigenvalue weighted by atomic mass is 32.1. The average Bonchev–Trinajstić information content (AvgIpc) is 1.54. The van der Waals surface area contributed by atoms with Crippen LogP contribution in [-0.2, 0) is 0 Å². The van der Waals surface area contributed by atoms with Crippen LogP contribution in [0, 0.1) is 0 Å². The molecule has 0 aliphatic rings. The third-order valence-corrected chi connectivity index (χ3v) is 23.8. The van der Waals surface area contributed by atoms with Gasteiger partial charge in [-0.05, 0) is 185 Å². The number of furan rings is 1. The highest BCUT2D eigenvalue weighted by Gasteiger charge is 2.28. The molecule has 0 atom stereocenters. The lowest BCUT2D eigenvalue weighted by molar-refractivity contribution is 0.669. The van der Waals surface area contributed by atoms with Crippen molar-refractivity contribution in [2.45, 2.75) is 0 Å². The summed E-state index contributed by atoms with van der Waals surface area (Å²) in [6.45, 7) is 0. The quantitative estimate of drug-likeness (QED) is 0.115. The van der Waals surface area contributed by atoms with E-state index in [0.717, 1.165) is 84.2 Å². The Morgan fingerprint density at radius 1 is 0.189 bits per heavy atom. The zero-order valence-electron chi connectivity index (χ0n) is 57.4. The zero-order valence-corrected chi connectivity index (χ0v) is 59.8. The van der Waals surface area contributed by atoms with Gasteiger partial charge in [-0.3, -0.25) is 0 Å². The molecule has 21 aromatic rings. The van der Waals surface area contributed by atoms with Crippen LogP contribution in [0.15, 0.2) is 393 Å². The normalized spacial score (nSPS) is 11.6. The van der Waals surface area contributed by atoms with Crippen molar-refractivity contribution in [3.63, 3.8) is 0 Å². The van der Waals surface area contributed by atoms with Gasteiger partial charge in [0, 0.05) is 111 Å². The first-order valence-electron chi connectivity index (χ1n) is 35.8. The second-order valence-corrected chi connectivity index (χ2v) is 29.9. The molecule has 0 aliphatic carbocycles. The summed E-state index contributed by atoms with van der Waals surface area (Å²) < 4.78 is 14.5. The van der Waals surface area contributed by atoms with Gasteiger partial charge in [0.2, 0.25) is 0 Å². The maximum Gasteiger partial charge on any atom is 0.159 e. The second kappa shape index (κ2) is 26.6. The highest BCUT2D eigenvalue weighted by Crippen LogP contribution is 2.54. The van der Waals surface area contributed by atoms with Gasteiger partial charge < -0.3 is 24.0 Å². The summed E-state index contributed by atoms with van der Waals surface area (Å²) >= 11 is 5.56. The van der Waals surface area contributed by atoms with Gasteiger partial charge in [0.1, 0.15) is 5.58 Å². The number of fused-ring (bicyclic) bond motifs is 14. The summed E-state index contributed by atoms with van der Waals surface area (Å²) in [6, 6.07) is 140. The summed E-state index contributed by atoms with van der Waals surface area (Å²) in [4.78, 5) is 9.68. The van der Waals surface area contributed by atoms with Crippen molar-refractivity contribution in [1.29, 1.82) is 0 Å². The van der Waals surface area contributed by atoms with Gasteiger partial charge in [-0.25, -0.2) is 0 Å². The number of rotatable bonds is 13. The van der Waals surface area contributed by atoms with Gasteiger partial charge in [0.05, 0.1) is 34.1 Å². The fourth-order valence-corrected chi connectivity index (χ4v) is 19.1. The largest absolute Gasteiger partial charge is 0.454 e. The number of hydrogen-bond donors (Lipinski definition) is 0. The fourth-order valence-electron chi connectivity index (χ4n) is 15.7. The van der Waals surface area contributed by atoms with Gasteiger partial charge in [-0.15, -0.1) is 34.0 Å². The van der Waals surface area contributed by atoms with Crippen LogP contribution in [0.1, 0.15) is 0 Å². The predicted octanol–water partition coefficient (Wildman–Crippen LogP) is 30.2. The van der Waals surface area contributed by atoms with Crippen molar-refractivity contribution in [1.82, 2.24) is 0 Å². The zero-order chi connectivity index (χ0) is 70.0. The Morgan fingerprint density at radius 3 is 1.10 bits per heavy atom. The molecule has 0 spiro atoms. The van der Waals surface area contributed by atoms with Crippen molar-refractivity contribution in [3.8, 4) is 11.1 Å². The Morgan fingerprint density at radius 2 is 0.538 bits per heavy atom. The van der Waals surface area contributed by atoms with Gasteiger partial charge >= 0.3 is 0 Å². The third-order valence-electron chi connectivity index (χ3n) is 20.4. The van der Waals surface area contributed by atoms with Crippen molar-refractivity contribution < 1.29 is 4.42 Å². The number of hydrogen-bond acceptors (Lipinski definition) is 8. The van der Waals surface area contributed by atoms with Crippen LogP contribution >= 0.6 is 34.0 Å². The van der Waals surface area contributed by atoms with Gasteiger partial charge in [-0.1, -0.05) is 231 Å². The van der Waals surface area contributed by atoms with Crippen molar-refractivity contribution in [2.75, 3.05) is 19.6 Å². The molecule has 4 aromatic heterocycles. The molecule has 5 nitrogen and oxygen atoms in total.